The molecule has 0 aliphatic carbocycles. The van der Waals surface area contributed by atoms with Crippen molar-refractivity contribution < 1.29 is 14.3 Å². The van der Waals surface area contributed by atoms with Gasteiger partial charge < -0.3 is 9.47 Å². The number of ether oxygens (including phenoxy) is 2. The average Bonchev–Trinajstić information content (AvgIpc) is 2.30. The van der Waals surface area contributed by atoms with Gasteiger partial charge in [-0.3, -0.25) is 4.79 Å². The van der Waals surface area contributed by atoms with Crippen LogP contribution in [-0.2, 0) is 4.74 Å². The molecule has 0 atom stereocenters. The van der Waals surface area contributed by atoms with Crippen molar-refractivity contribution in [2.45, 2.75) is 13.8 Å². The van der Waals surface area contributed by atoms with Gasteiger partial charge in [-0.15, -0.1) is 0 Å². The summed E-state index contributed by atoms with van der Waals surface area (Å²) < 4.78 is 11.7. The number of halogens is 1. The van der Waals surface area contributed by atoms with Gasteiger partial charge in [0.25, 0.3) is 0 Å². The van der Waals surface area contributed by atoms with Gasteiger partial charge in [-0.25, -0.2) is 0 Å². The Morgan fingerprint density at radius 1 is 1.35 bits per heavy atom. The minimum atomic E-state index is 0.506. The topological polar surface area (TPSA) is 35.5 Å². The maximum Gasteiger partial charge on any atom is 0.150 e. The summed E-state index contributed by atoms with van der Waals surface area (Å²) in [4.78, 5) is 10.6. The molecule has 0 heterocycles. The normalized spacial score (nSPS) is 10.6. The zero-order chi connectivity index (χ0) is 12.7. The van der Waals surface area contributed by atoms with E-state index in [-0.39, 0.29) is 0 Å². The summed E-state index contributed by atoms with van der Waals surface area (Å²) >= 11 is 3.36. The third-order valence-electron chi connectivity index (χ3n) is 2.03. The van der Waals surface area contributed by atoms with Gasteiger partial charge in [-0.1, -0.05) is 13.8 Å². The summed E-state index contributed by atoms with van der Waals surface area (Å²) in [6.07, 6.45) is 0.806. The van der Waals surface area contributed by atoms with Crippen LogP contribution in [0.5, 0.6) is 5.75 Å². The number of carbonyl (C=O) groups excluding carboxylic acids is 1. The van der Waals surface area contributed by atoms with Crippen LogP contribution in [0, 0.1) is 5.92 Å². The summed E-state index contributed by atoms with van der Waals surface area (Å²) in [5, 5.41) is 0. The number of benzene rings is 1. The summed E-state index contributed by atoms with van der Waals surface area (Å²) in [7, 11) is 0. The molecule has 4 heteroatoms. The first-order valence-corrected chi connectivity index (χ1v) is 6.38. The van der Waals surface area contributed by atoms with Gasteiger partial charge in [0, 0.05) is 12.2 Å². The first kappa shape index (κ1) is 14.2. The summed E-state index contributed by atoms with van der Waals surface area (Å²) in [6.45, 7) is 6.03. The van der Waals surface area contributed by atoms with Crippen LogP contribution in [0.3, 0.4) is 0 Å². The fraction of sp³-hybridized carbons (Fsp3) is 0.462. The van der Waals surface area contributed by atoms with Crippen molar-refractivity contribution in [1.82, 2.24) is 0 Å². The van der Waals surface area contributed by atoms with Gasteiger partial charge in [0.1, 0.15) is 18.6 Å². The number of hydrogen-bond donors (Lipinski definition) is 0. The summed E-state index contributed by atoms with van der Waals surface area (Å²) in [5.74, 6) is 1.26. The molecule has 0 saturated heterocycles. The lowest BCUT2D eigenvalue weighted by molar-refractivity contribution is 0.0817. The minimum Gasteiger partial charge on any atom is -0.490 e. The Labute approximate surface area is 110 Å². The van der Waals surface area contributed by atoms with Crippen molar-refractivity contribution in [2.75, 3.05) is 19.8 Å². The van der Waals surface area contributed by atoms with Gasteiger partial charge in [-0.05, 0) is 40.0 Å². The highest BCUT2D eigenvalue weighted by Gasteiger charge is 2.02. The van der Waals surface area contributed by atoms with E-state index in [1.165, 1.54) is 0 Å². The van der Waals surface area contributed by atoms with Gasteiger partial charge in [-0.2, -0.15) is 0 Å². The summed E-state index contributed by atoms with van der Waals surface area (Å²) in [6, 6.07) is 5.23. The van der Waals surface area contributed by atoms with Gasteiger partial charge in [0.15, 0.2) is 0 Å². The molecule has 0 amide bonds. The largest absolute Gasteiger partial charge is 0.490 e. The molecule has 0 saturated carbocycles. The zero-order valence-corrected chi connectivity index (χ0v) is 11.7. The quantitative estimate of drug-likeness (QED) is 0.572. The Kier molecular flexibility index (Phi) is 6.22. The predicted molar refractivity (Wildman–Crippen MR) is 70.7 cm³/mol. The second-order valence-corrected chi connectivity index (χ2v) is 4.98. The van der Waals surface area contributed by atoms with Gasteiger partial charge >= 0.3 is 0 Å². The lowest BCUT2D eigenvalue weighted by Crippen LogP contribution is -2.10. The van der Waals surface area contributed by atoms with Crippen molar-refractivity contribution in [1.29, 1.82) is 0 Å². The highest BCUT2D eigenvalue weighted by Crippen LogP contribution is 2.25. The van der Waals surface area contributed by atoms with Crippen molar-refractivity contribution in [2.24, 2.45) is 5.92 Å². The molecule has 94 valence electrons. The molecule has 0 spiro atoms. The Balaban J connectivity index is 2.34. The standard InChI is InChI=1S/C13H17BrO3/c1-10(2)9-16-5-6-17-13-4-3-11(8-15)7-12(13)14/h3-4,7-8,10H,5-6,9H2,1-2H3. The van der Waals surface area contributed by atoms with E-state index in [0.717, 1.165) is 23.1 Å². The molecule has 0 unspecified atom stereocenters. The Morgan fingerprint density at radius 3 is 2.71 bits per heavy atom. The number of carbonyl (C=O) groups is 1. The Bertz CT molecular complexity index is 364. The van der Waals surface area contributed by atoms with E-state index in [0.29, 0.717) is 24.7 Å². The van der Waals surface area contributed by atoms with E-state index >= 15 is 0 Å². The molecular formula is C13H17BrO3. The minimum absolute atomic E-state index is 0.506. The highest BCUT2D eigenvalue weighted by molar-refractivity contribution is 9.10. The number of rotatable bonds is 7. The molecule has 1 aromatic rings. The molecule has 0 aliphatic heterocycles. The average molecular weight is 301 g/mol. The molecule has 0 fully saturated rings. The molecule has 0 N–H and O–H groups in total. The zero-order valence-electron chi connectivity index (χ0n) is 10.1. The Hall–Kier alpha value is -0.870. The fourth-order valence-electron chi connectivity index (χ4n) is 1.24. The first-order valence-electron chi connectivity index (χ1n) is 5.58. The molecule has 17 heavy (non-hydrogen) atoms. The molecule has 3 nitrogen and oxygen atoms in total. The second kappa shape index (κ2) is 7.45. The van der Waals surface area contributed by atoms with E-state index in [1.807, 2.05) is 0 Å². The molecule has 0 aromatic heterocycles. The summed E-state index contributed by atoms with van der Waals surface area (Å²) in [5.41, 5.74) is 0.625. The van der Waals surface area contributed by atoms with E-state index in [9.17, 15) is 4.79 Å². The fourth-order valence-corrected chi connectivity index (χ4v) is 1.75. The molecule has 1 rings (SSSR count). The lowest BCUT2D eigenvalue weighted by atomic mass is 10.2. The van der Waals surface area contributed by atoms with E-state index in [1.54, 1.807) is 18.2 Å². The van der Waals surface area contributed by atoms with Gasteiger partial charge in [0.2, 0.25) is 0 Å². The maximum atomic E-state index is 10.6. The number of aldehydes is 1. The first-order chi connectivity index (χ1) is 8.13. The molecular weight excluding hydrogens is 284 g/mol. The molecule has 0 bridgehead atoms. The van der Waals surface area contributed by atoms with Crippen LogP contribution in [0.25, 0.3) is 0 Å². The molecule has 1 aromatic carbocycles. The van der Waals surface area contributed by atoms with Crippen molar-refractivity contribution >= 4 is 22.2 Å². The smallest absolute Gasteiger partial charge is 0.150 e. The maximum absolute atomic E-state index is 10.6. The van der Waals surface area contributed by atoms with Crippen LogP contribution in [-0.4, -0.2) is 26.1 Å². The van der Waals surface area contributed by atoms with Crippen LogP contribution >= 0.6 is 15.9 Å². The van der Waals surface area contributed by atoms with Crippen LogP contribution in [0.1, 0.15) is 24.2 Å². The van der Waals surface area contributed by atoms with Crippen LogP contribution in [0.2, 0.25) is 0 Å². The second-order valence-electron chi connectivity index (χ2n) is 4.12. The van der Waals surface area contributed by atoms with Crippen molar-refractivity contribution in [3.8, 4) is 5.75 Å². The van der Waals surface area contributed by atoms with Crippen molar-refractivity contribution in [3.05, 3.63) is 28.2 Å². The SMILES string of the molecule is CC(C)COCCOc1ccc(C=O)cc1Br. The highest BCUT2D eigenvalue weighted by atomic mass is 79.9. The van der Waals surface area contributed by atoms with E-state index < -0.39 is 0 Å². The number of hydrogen-bond acceptors (Lipinski definition) is 3. The third kappa shape index (κ3) is 5.33. The monoisotopic (exact) mass is 300 g/mol. The molecule has 0 aliphatic rings. The van der Waals surface area contributed by atoms with Crippen LogP contribution < -0.4 is 4.74 Å². The van der Waals surface area contributed by atoms with E-state index in [4.69, 9.17) is 9.47 Å². The molecule has 0 radical (unpaired) electrons. The van der Waals surface area contributed by atoms with Crippen LogP contribution in [0.15, 0.2) is 22.7 Å². The van der Waals surface area contributed by atoms with Gasteiger partial charge in [0.05, 0.1) is 11.1 Å². The third-order valence-corrected chi connectivity index (χ3v) is 2.65. The predicted octanol–water partition coefficient (Wildman–Crippen LogP) is 3.31. The van der Waals surface area contributed by atoms with Crippen molar-refractivity contribution in [3.63, 3.8) is 0 Å². The lowest BCUT2D eigenvalue weighted by Gasteiger charge is -2.10. The Morgan fingerprint density at radius 2 is 2.12 bits per heavy atom. The van der Waals surface area contributed by atoms with Crippen LogP contribution in [0.4, 0.5) is 0 Å². The van der Waals surface area contributed by atoms with E-state index in [2.05, 4.69) is 29.8 Å².